The highest BCUT2D eigenvalue weighted by Gasteiger charge is 2.29. The maximum absolute atomic E-state index is 10.4. The Morgan fingerprint density at radius 3 is 2.60 bits per heavy atom. The monoisotopic (exact) mass is 224 g/mol. The minimum Gasteiger partial charge on any atom is -0.390 e. The minimum absolute atomic E-state index is 0.483. The van der Waals surface area contributed by atoms with Crippen LogP contribution in [0.15, 0.2) is 24.3 Å². The maximum atomic E-state index is 10.4. The van der Waals surface area contributed by atoms with Crippen LogP contribution in [-0.4, -0.2) is 10.7 Å². The van der Waals surface area contributed by atoms with Gasteiger partial charge in [0.1, 0.15) is 0 Å². The van der Waals surface area contributed by atoms with Crippen molar-refractivity contribution in [3.63, 3.8) is 0 Å². The van der Waals surface area contributed by atoms with Crippen LogP contribution in [0.4, 0.5) is 0 Å². The lowest BCUT2D eigenvalue weighted by Crippen LogP contribution is -2.33. The van der Waals surface area contributed by atoms with Crippen molar-refractivity contribution in [3.05, 3.63) is 34.9 Å². The molecule has 0 heterocycles. The summed E-state index contributed by atoms with van der Waals surface area (Å²) in [6, 6.07) is 7.81. The Balaban J connectivity index is 2.06. The van der Waals surface area contributed by atoms with Crippen LogP contribution in [0.25, 0.3) is 0 Å². The van der Waals surface area contributed by atoms with Gasteiger partial charge >= 0.3 is 0 Å². The lowest BCUT2D eigenvalue weighted by Gasteiger charge is -2.32. The van der Waals surface area contributed by atoms with Gasteiger partial charge in [0.2, 0.25) is 0 Å². The highest BCUT2D eigenvalue weighted by atomic mass is 35.5. The quantitative estimate of drug-likeness (QED) is 0.814. The van der Waals surface area contributed by atoms with Gasteiger partial charge in [0.15, 0.2) is 0 Å². The zero-order valence-electron chi connectivity index (χ0n) is 8.88. The van der Waals surface area contributed by atoms with E-state index in [1.54, 1.807) is 0 Å². The van der Waals surface area contributed by atoms with Gasteiger partial charge in [-0.25, -0.2) is 0 Å². The highest BCUT2D eigenvalue weighted by molar-refractivity contribution is 6.30. The van der Waals surface area contributed by atoms with Crippen LogP contribution in [0.3, 0.4) is 0 Å². The molecule has 2 rings (SSSR count). The Kier molecular flexibility index (Phi) is 3.32. The molecule has 1 aromatic carbocycles. The lowest BCUT2D eigenvalue weighted by atomic mass is 9.80. The number of aliphatic hydroxyl groups is 1. The van der Waals surface area contributed by atoms with Crippen molar-refractivity contribution in [2.75, 3.05) is 0 Å². The predicted molar refractivity (Wildman–Crippen MR) is 63.2 cm³/mol. The van der Waals surface area contributed by atoms with E-state index in [-0.39, 0.29) is 0 Å². The first-order chi connectivity index (χ1) is 7.18. The highest BCUT2D eigenvalue weighted by Crippen LogP contribution is 2.31. The molecule has 0 aromatic heterocycles. The number of benzene rings is 1. The van der Waals surface area contributed by atoms with Crippen molar-refractivity contribution in [2.45, 2.75) is 44.1 Å². The van der Waals surface area contributed by atoms with Crippen LogP contribution in [0, 0.1) is 0 Å². The van der Waals surface area contributed by atoms with Crippen molar-refractivity contribution in [3.8, 4) is 0 Å². The van der Waals surface area contributed by atoms with E-state index in [9.17, 15) is 5.11 Å². The van der Waals surface area contributed by atoms with Gasteiger partial charge in [0, 0.05) is 11.4 Å². The molecule has 15 heavy (non-hydrogen) atoms. The van der Waals surface area contributed by atoms with E-state index in [2.05, 4.69) is 0 Å². The van der Waals surface area contributed by atoms with Crippen molar-refractivity contribution >= 4 is 11.6 Å². The molecule has 1 fully saturated rings. The topological polar surface area (TPSA) is 20.2 Å². The Bertz CT molecular complexity index is 329. The molecule has 0 atom stereocenters. The first kappa shape index (κ1) is 11.0. The molecule has 0 saturated heterocycles. The summed E-state index contributed by atoms with van der Waals surface area (Å²) in [5.74, 6) is 0. The first-order valence-electron chi connectivity index (χ1n) is 5.65. The molecule has 0 aliphatic heterocycles. The van der Waals surface area contributed by atoms with Crippen molar-refractivity contribution in [1.82, 2.24) is 0 Å². The summed E-state index contributed by atoms with van der Waals surface area (Å²) in [6.07, 6.45) is 6.17. The number of halogens is 1. The van der Waals surface area contributed by atoms with Gasteiger partial charge in [-0.05, 0) is 30.5 Å². The van der Waals surface area contributed by atoms with Crippen molar-refractivity contribution in [2.24, 2.45) is 0 Å². The molecule has 1 saturated carbocycles. The summed E-state index contributed by atoms with van der Waals surface area (Å²) in [7, 11) is 0. The van der Waals surface area contributed by atoms with E-state index >= 15 is 0 Å². The third-order valence-electron chi connectivity index (χ3n) is 3.21. The summed E-state index contributed by atoms with van der Waals surface area (Å²) in [5, 5.41) is 11.1. The molecule has 2 heteroatoms. The van der Waals surface area contributed by atoms with Gasteiger partial charge in [-0.2, -0.15) is 0 Å². The van der Waals surface area contributed by atoms with Crippen LogP contribution in [0.1, 0.15) is 37.7 Å². The summed E-state index contributed by atoms with van der Waals surface area (Å²) in [6.45, 7) is 0. The van der Waals surface area contributed by atoms with Gasteiger partial charge in [-0.15, -0.1) is 0 Å². The summed E-state index contributed by atoms with van der Waals surface area (Å²) >= 11 is 5.93. The van der Waals surface area contributed by atoms with Crippen LogP contribution in [-0.2, 0) is 6.42 Å². The SMILES string of the molecule is OC1(Cc2cccc(Cl)c2)CCCCC1. The smallest absolute Gasteiger partial charge is 0.0688 e. The van der Waals surface area contributed by atoms with Crippen LogP contribution in [0.5, 0.6) is 0 Å². The third-order valence-corrected chi connectivity index (χ3v) is 3.44. The number of hydrogen-bond acceptors (Lipinski definition) is 1. The minimum atomic E-state index is -0.483. The van der Waals surface area contributed by atoms with Crippen LogP contribution < -0.4 is 0 Å². The summed E-state index contributed by atoms with van der Waals surface area (Å²) in [5.41, 5.74) is 0.662. The Morgan fingerprint density at radius 2 is 1.93 bits per heavy atom. The second kappa shape index (κ2) is 4.54. The van der Waals surface area contributed by atoms with Gasteiger partial charge in [0.05, 0.1) is 5.60 Å². The molecular formula is C13H17ClO. The molecule has 0 unspecified atom stereocenters. The molecule has 0 bridgehead atoms. The second-order valence-electron chi connectivity index (χ2n) is 4.59. The molecule has 0 amide bonds. The fourth-order valence-corrected chi connectivity index (χ4v) is 2.63. The van der Waals surface area contributed by atoms with E-state index in [0.29, 0.717) is 0 Å². The lowest BCUT2D eigenvalue weighted by molar-refractivity contribution is 0.00449. The Labute approximate surface area is 96.1 Å². The zero-order chi connectivity index (χ0) is 10.7. The van der Waals surface area contributed by atoms with E-state index in [1.807, 2.05) is 24.3 Å². The third kappa shape index (κ3) is 2.96. The molecule has 0 radical (unpaired) electrons. The normalized spacial score (nSPS) is 20.1. The first-order valence-corrected chi connectivity index (χ1v) is 6.03. The van der Waals surface area contributed by atoms with E-state index in [0.717, 1.165) is 42.7 Å². The molecule has 1 aliphatic rings. The molecule has 1 nitrogen and oxygen atoms in total. The van der Waals surface area contributed by atoms with Crippen LogP contribution in [0.2, 0.25) is 5.02 Å². The molecule has 0 spiro atoms. The zero-order valence-corrected chi connectivity index (χ0v) is 9.63. The van der Waals surface area contributed by atoms with E-state index < -0.39 is 5.60 Å². The van der Waals surface area contributed by atoms with E-state index in [1.165, 1.54) is 6.42 Å². The van der Waals surface area contributed by atoms with Crippen LogP contribution >= 0.6 is 11.6 Å². The average Bonchev–Trinajstić information content (AvgIpc) is 2.18. The molecule has 82 valence electrons. The van der Waals surface area contributed by atoms with Gasteiger partial charge in [-0.1, -0.05) is 43.0 Å². The molecule has 1 aliphatic carbocycles. The van der Waals surface area contributed by atoms with Crippen molar-refractivity contribution < 1.29 is 5.11 Å². The number of hydrogen-bond donors (Lipinski definition) is 1. The Hall–Kier alpha value is -0.530. The average molecular weight is 225 g/mol. The largest absolute Gasteiger partial charge is 0.390 e. The molecular weight excluding hydrogens is 208 g/mol. The fraction of sp³-hybridized carbons (Fsp3) is 0.538. The van der Waals surface area contributed by atoms with Gasteiger partial charge in [-0.3, -0.25) is 0 Å². The standard InChI is InChI=1S/C13H17ClO/c14-12-6-4-5-11(9-12)10-13(15)7-2-1-3-8-13/h4-6,9,15H,1-3,7-8,10H2. The molecule has 1 N–H and O–H groups in total. The summed E-state index contributed by atoms with van der Waals surface area (Å²) < 4.78 is 0. The summed E-state index contributed by atoms with van der Waals surface area (Å²) in [4.78, 5) is 0. The second-order valence-corrected chi connectivity index (χ2v) is 5.03. The predicted octanol–water partition coefficient (Wildman–Crippen LogP) is 3.58. The fourth-order valence-electron chi connectivity index (χ4n) is 2.41. The van der Waals surface area contributed by atoms with Crippen molar-refractivity contribution in [1.29, 1.82) is 0 Å². The Morgan fingerprint density at radius 1 is 1.20 bits per heavy atom. The molecule has 1 aromatic rings. The van der Waals surface area contributed by atoms with Gasteiger partial charge < -0.3 is 5.11 Å². The van der Waals surface area contributed by atoms with E-state index in [4.69, 9.17) is 11.6 Å². The maximum Gasteiger partial charge on any atom is 0.0688 e. The van der Waals surface area contributed by atoms with Gasteiger partial charge in [0.25, 0.3) is 0 Å². The number of rotatable bonds is 2.